The summed E-state index contributed by atoms with van der Waals surface area (Å²) in [7, 11) is 4.31. The van der Waals surface area contributed by atoms with Crippen molar-refractivity contribution in [1.29, 1.82) is 0 Å². The molecule has 1 aliphatic rings. The van der Waals surface area contributed by atoms with E-state index in [2.05, 4.69) is 32.0 Å². The minimum absolute atomic E-state index is 0.0864. The number of hydrogen-bond donors (Lipinski definition) is 2. The number of phenols is 1. The number of rotatable bonds is 4. The molecule has 0 heterocycles. The van der Waals surface area contributed by atoms with Gasteiger partial charge in [-0.15, -0.1) is 0 Å². The fourth-order valence-corrected chi connectivity index (χ4v) is 3.77. The van der Waals surface area contributed by atoms with Crippen LogP contribution in [0.4, 0.5) is 0 Å². The first kappa shape index (κ1) is 15.3. The molecular formula is C17H28N2O. The highest BCUT2D eigenvalue weighted by Gasteiger charge is 2.41. The first-order chi connectivity index (χ1) is 9.44. The van der Waals surface area contributed by atoms with Crippen molar-refractivity contribution < 1.29 is 5.11 Å². The van der Waals surface area contributed by atoms with Crippen molar-refractivity contribution in [2.75, 3.05) is 14.1 Å². The molecule has 3 unspecified atom stereocenters. The number of aromatic hydroxyl groups is 1. The first-order valence-electron chi connectivity index (χ1n) is 7.65. The number of nitrogens with two attached hydrogens (primary N) is 1. The van der Waals surface area contributed by atoms with Gasteiger partial charge in [0.15, 0.2) is 0 Å². The Labute approximate surface area is 122 Å². The summed E-state index contributed by atoms with van der Waals surface area (Å²) in [5.74, 6) is 1.06. The van der Waals surface area contributed by atoms with Crippen LogP contribution >= 0.6 is 0 Å². The zero-order valence-corrected chi connectivity index (χ0v) is 13.0. The second-order valence-corrected chi connectivity index (χ2v) is 6.68. The van der Waals surface area contributed by atoms with E-state index in [-0.39, 0.29) is 11.6 Å². The van der Waals surface area contributed by atoms with Gasteiger partial charge in [0.05, 0.1) is 0 Å². The van der Waals surface area contributed by atoms with Crippen molar-refractivity contribution in [3.63, 3.8) is 0 Å². The molecular weight excluding hydrogens is 248 g/mol. The van der Waals surface area contributed by atoms with E-state index in [4.69, 9.17) is 5.73 Å². The lowest BCUT2D eigenvalue weighted by Crippen LogP contribution is -2.60. The SMILES string of the molecule is CC1CCCC(C(N)Cc2cccc(O)c2)(N(C)C)C1. The molecule has 1 saturated carbocycles. The maximum absolute atomic E-state index is 9.60. The van der Waals surface area contributed by atoms with E-state index in [1.807, 2.05) is 12.1 Å². The molecule has 2 rings (SSSR count). The van der Waals surface area contributed by atoms with Gasteiger partial charge < -0.3 is 15.7 Å². The third-order valence-electron chi connectivity index (χ3n) is 4.96. The van der Waals surface area contributed by atoms with Crippen LogP contribution in [0.5, 0.6) is 5.75 Å². The molecule has 3 nitrogen and oxygen atoms in total. The van der Waals surface area contributed by atoms with E-state index in [9.17, 15) is 5.11 Å². The van der Waals surface area contributed by atoms with Crippen molar-refractivity contribution in [1.82, 2.24) is 4.90 Å². The summed E-state index contributed by atoms with van der Waals surface area (Å²) in [5, 5.41) is 9.60. The molecule has 112 valence electrons. The van der Waals surface area contributed by atoms with E-state index >= 15 is 0 Å². The number of benzene rings is 1. The Hall–Kier alpha value is -1.06. The Morgan fingerprint density at radius 3 is 2.80 bits per heavy atom. The van der Waals surface area contributed by atoms with Gasteiger partial charge in [-0.05, 0) is 57.0 Å². The second kappa shape index (κ2) is 6.15. The topological polar surface area (TPSA) is 49.5 Å². The van der Waals surface area contributed by atoms with Gasteiger partial charge in [0, 0.05) is 11.6 Å². The second-order valence-electron chi connectivity index (χ2n) is 6.68. The van der Waals surface area contributed by atoms with Crippen LogP contribution in [-0.4, -0.2) is 35.7 Å². The highest BCUT2D eigenvalue weighted by Crippen LogP contribution is 2.38. The Morgan fingerprint density at radius 1 is 1.45 bits per heavy atom. The van der Waals surface area contributed by atoms with Gasteiger partial charge >= 0.3 is 0 Å². The molecule has 1 fully saturated rings. The van der Waals surface area contributed by atoms with Gasteiger partial charge in [-0.2, -0.15) is 0 Å². The monoisotopic (exact) mass is 276 g/mol. The number of nitrogens with zero attached hydrogens (tertiary/aromatic N) is 1. The van der Waals surface area contributed by atoms with E-state index < -0.39 is 0 Å². The molecule has 0 saturated heterocycles. The van der Waals surface area contributed by atoms with Crippen LogP contribution in [0.3, 0.4) is 0 Å². The van der Waals surface area contributed by atoms with E-state index in [0.717, 1.165) is 17.9 Å². The molecule has 1 aromatic carbocycles. The lowest BCUT2D eigenvalue weighted by atomic mass is 9.70. The molecule has 3 N–H and O–H groups in total. The van der Waals surface area contributed by atoms with Gasteiger partial charge in [0.1, 0.15) is 5.75 Å². The highest BCUT2D eigenvalue weighted by molar-refractivity contribution is 5.28. The van der Waals surface area contributed by atoms with Crippen molar-refractivity contribution >= 4 is 0 Å². The Bertz CT molecular complexity index is 446. The largest absolute Gasteiger partial charge is 0.508 e. The lowest BCUT2D eigenvalue weighted by molar-refractivity contribution is 0.0504. The summed E-state index contributed by atoms with van der Waals surface area (Å²) in [4.78, 5) is 2.33. The first-order valence-corrected chi connectivity index (χ1v) is 7.65. The Balaban J connectivity index is 2.17. The molecule has 1 aromatic rings. The molecule has 20 heavy (non-hydrogen) atoms. The molecule has 0 bridgehead atoms. The average molecular weight is 276 g/mol. The normalized spacial score (nSPS) is 28.6. The zero-order valence-electron chi connectivity index (χ0n) is 13.0. The quantitative estimate of drug-likeness (QED) is 0.889. The minimum atomic E-state index is 0.0864. The van der Waals surface area contributed by atoms with Crippen LogP contribution in [0.15, 0.2) is 24.3 Å². The Kier molecular flexibility index (Phi) is 4.71. The van der Waals surface area contributed by atoms with E-state index in [0.29, 0.717) is 5.75 Å². The number of hydrogen-bond acceptors (Lipinski definition) is 3. The predicted octanol–water partition coefficient (Wildman–Crippen LogP) is 2.77. The molecule has 0 amide bonds. The van der Waals surface area contributed by atoms with Gasteiger partial charge in [-0.25, -0.2) is 0 Å². The summed E-state index contributed by atoms with van der Waals surface area (Å²) >= 11 is 0. The maximum atomic E-state index is 9.60. The third kappa shape index (κ3) is 3.15. The lowest BCUT2D eigenvalue weighted by Gasteiger charge is -2.49. The van der Waals surface area contributed by atoms with Gasteiger partial charge in [0.25, 0.3) is 0 Å². The van der Waals surface area contributed by atoms with Crippen LogP contribution in [0.25, 0.3) is 0 Å². The molecule has 3 atom stereocenters. The Morgan fingerprint density at radius 2 is 2.20 bits per heavy atom. The zero-order chi connectivity index (χ0) is 14.8. The fraction of sp³-hybridized carbons (Fsp3) is 0.647. The van der Waals surface area contributed by atoms with Crippen molar-refractivity contribution in [2.45, 2.75) is 50.6 Å². The van der Waals surface area contributed by atoms with Crippen LogP contribution in [-0.2, 0) is 6.42 Å². The predicted molar refractivity (Wildman–Crippen MR) is 83.8 cm³/mol. The summed E-state index contributed by atoms with van der Waals surface area (Å²) in [6.07, 6.45) is 5.73. The molecule has 1 aliphatic carbocycles. The van der Waals surface area contributed by atoms with E-state index in [1.165, 1.54) is 25.7 Å². The molecule has 0 spiro atoms. The molecule has 0 radical (unpaired) electrons. The average Bonchev–Trinajstić information content (AvgIpc) is 2.38. The highest BCUT2D eigenvalue weighted by atomic mass is 16.3. The number of likely N-dealkylation sites (N-methyl/N-ethyl adjacent to an activating group) is 1. The van der Waals surface area contributed by atoms with Crippen LogP contribution in [0.1, 0.15) is 38.2 Å². The van der Waals surface area contributed by atoms with Crippen molar-refractivity contribution in [3.05, 3.63) is 29.8 Å². The minimum Gasteiger partial charge on any atom is -0.508 e. The third-order valence-corrected chi connectivity index (χ3v) is 4.96. The molecule has 0 aromatic heterocycles. The van der Waals surface area contributed by atoms with Gasteiger partial charge in [0.2, 0.25) is 0 Å². The molecule has 3 heteroatoms. The standard InChI is InChI=1S/C17H28N2O/c1-13-6-5-9-17(12-13,19(2)3)16(18)11-14-7-4-8-15(20)10-14/h4,7-8,10,13,16,20H,5-6,9,11-12,18H2,1-3H3. The summed E-state index contributed by atoms with van der Waals surface area (Å²) in [6, 6.07) is 7.58. The van der Waals surface area contributed by atoms with Gasteiger partial charge in [-0.3, -0.25) is 0 Å². The van der Waals surface area contributed by atoms with Gasteiger partial charge in [-0.1, -0.05) is 31.9 Å². The summed E-state index contributed by atoms with van der Waals surface area (Å²) < 4.78 is 0. The fourth-order valence-electron chi connectivity index (χ4n) is 3.77. The van der Waals surface area contributed by atoms with E-state index in [1.54, 1.807) is 6.07 Å². The van der Waals surface area contributed by atoms with Crippen LogP contribution in [0.2, 0.25) is 0 Å². The smallest absolute Gasteiger partial charge is 0.115 e. The van der Waals surface area contributed by atoms with Crippen LogP contribution < -0.4 is 5.73 Å². The van der Waals surface area contributed by atoms with Crippen molar-refractivity contribution in [3.8, 4) is 5.75 Å². The van der Waals surface area contributed by atoms with Crippen molar-refractivity contribution in [2.24, 2.45) is 11.7 Å². The van der Waals surface area contributed by atoms with Crippen LogP contribution in [0, 0.1) is 5.92 Å². The maximum Gasteiger partial charge on any atom is 0.115 e. The molecule has 0 aliphatic heterocycles. The summed E-state index contributed by atoms with van der Waals surface area (Å²) in [5.41, 5.74) is 7.81. The summed E-state index contributed by atoms with van der Waals surface area (Å²) in [6.45, 7) is 2.33. The number of phenolic OH excluding ortho intramolecular Hbond substituents is 1.